The number of urea groups is 1. The molecule has 168 valence electrons. The highest BCUT2D eigenvalue weighted by molar-refractivity contribution is 5.81. The molecule has 8 nitrogen and oxygen atoms in total. The van der Waals surface area contributed by atoms with Crippen LogP contribution in [0, 0.1) is 11.8 Å². The maximum atomic E-state index is 12.9. The average molecular weight is 429 g/mol. The zero-order valence-corrected chi connectivity index (χ0v) is 18.1. The minimum atomic E-state index is -0.790. The van der Waals surface area contributed by atoms with Gasteiger partial charge in [-0.15, -0.1) is 0 Å². The number of methoxy groups -OCH3 is 1. The highest BCUT2D eigenvalue weighted by atomic mass is 16.5. The summed E-state index contributed by atoms with van der Waals surface area (Å²) in [4.78, 5) is 34.2. The van der Waals surface area contributed by atoms with E-state index in [0.717, 1.165) is 29.7 Å². The van der Waals surface area contributed by atoms with E-state index in [4.69, 9.17) is 9.72 Å². The number of likely N-dealkylation sites (tertiary alicyclic amines) is 1. The summed E-state index contributed by atoms with van der Waals surface area (Å²) in [5.41, 5.74) is 1.67. The number of aliphatic carboxylic acids is 1. The first-order chi connectivity index (χ1) is 15.0. The highest BCUT2D eigenvalue weighted by Crippen LogP contribution is 2.31. The number of piperidine rings is 1. The molecule has 1 aliphatic heterocycles. The molecule has 0 radical (unpaired) electrons. The number of amides is 2. The summed E-state index contributed by atoms with van der Waals surface area (Å²) < 4.78 is 5.40. The van der Waals surface area contributed by atoms with Gasteiger partial charge in [0.25, 0.3) is 0 Å². The van der Waals surface area contributed by atoms with Crippen LogP contribution in [0.3, 0.4) is 0 Å². The Hall–Kier alpha value is -2.77. The van der Waals surface area contributed by atoms with Crippen LogP contribution >= 0.6 is 0 Å². The molecule has 2 aliphatic rings. The number of nitrogens with one attached hydrogen (secondary N) is 2. The summed E-state index contributed by atoms with van der Waals surface area (Å²) in [6.07, 6.45) is 7.09. The van der Waals surface area contributed by atoms with Crippen LogP contribution in [-0.2, 0) is 11.2 Å². The van der Waals surface area contributed by atoms with Gasteiger partial charge in [0.1, 0.15) is 17.1 Å². The number of imidazole rings is 1. The number of aromatic amines is 1. The summed E-state index contributed by atoms with van der Waals surface area (Å²) in [7, 11) is 1.62. The Bertz CT molecular complexity index is 921. The molecule has 2 fully saturated rings. The summed E-state index contributed by atoms with van der Waals surface area (Å²) in [5.74, 6) is 0.773. The lowest BCUT2D eigenvalue weighted by molar-refractivity contribution is -0.139. The van der Waals surface area contributed by atoms with Crippen LogP contribution in [0.4, 0.5) is 4.79 Å². The van der Waals surface area contributed by atoms with E-state index in [1.165, 1.54) is 19.3 Å². The molecule has 4 rings (SSSR count). The van der Waals surface area contributed by atoms with E-state index in [-0.39, 0.29) is 30.3 Å². The maximum absolute atomic E-state index is 12.9. The number of carbonyl (C=O) groups is 2. The van der Waals surface area contributed by atoms with Crippen molar-refractivity contribution in [2.45, 2.75) is 57.4 Å². The number of H-pyrrole nitrogens is 1. The maximum Gasteiger partial charge on any atom is 0.317 e. The van der Waals surface area contributed by atoms with Gasteiger partial charge in [-0.1, -0.05) is 25.3 Å². The molecule has 2 amide bonds. The highest BCUT2D eigenvalue weighted by Gasteiger charge is 2.34. The molecule has 31 heavy (non-hydrogen) atoms. The van der Waals surface area contributed by atoms with Gasteiger partial charge < -0.3 is 25.0 Å². The van der Waals surface area contributed by atoms with Gasteiger partial charge in [-0.2, -0.15) is 0 Å². The molecule has 2 unspecified atom stereocenters. The molecule has 1 aliphatic carbocycles. The van der Waals surface area contributed by atoms with Crippen LogP contribution in [0.2, 0.25) is 0 Å². The van der Waals surface area contributed by atoms with Crippen LogP contribution in [0.5, 0.6) is 5.75 Å². The minimum Gasteiger partial charge on any atom is -0.494 e. The predicted octanol–water partition coefficient (Wildman–Crippen LogP) is 3.57. The normalized spacial score (nSPS) is 22.4. The molecule has 1 saturated heterocycles. The number of carboxylic acid groups (broad SMARTS) is 1. The molecule has 1 aromatic heterocycles. The number of nitrogens with zero attached hydrogens (tertiary/aromatic N) is 2. The molecule has 0 bridgehead atoms. The zero-order valence-electron chi connectivity index (χ0n) is 18.1. The first-order valence-electron chi connectivity index (χ1n) is 11.3. The number of rotatable bonds is 6. The Morgan fingerprint density at radius 2 is 2.03 bits per heavy atom. The van der Waals surface area contributed by atoms with Gasteiger partial charge in [-0.25, -0.2) is 9.78 Å². The van der Waals surface area contributed by atoms with Crippen molar-refractivity contribution in [3.63, 3.8) is 0 Å². The van der Waals surface area contributed by atoms with Crippen molar-refractivity contribution in [3.8, 4) is 5.75 Å². The molecule has 2 atom stereocenters. The number of aromatic nitrogens is 2. The third kappa shape index (κ3) is 5.11. The van der Waals surface area contributed by atoms with Crippen molar-refractivity contribution in [1.82, 2.24) is 20.2 Å². The average Bonchev–Trinajstić information content (AvgIpc) is 3.18. The predicted molar refractivity (Wildman–Crippen MR) is 117 cm³/mol. The van der Waals surface area contributed by atoms with Gasteiger partial charge in [0.05, 0.1) is 12.6 Å². The molecule has 0 spiro atoms. The van der Waals surface area contributed by atoms with Gasteiger partial charge in [0, 0.05) is 32.0 Å². The molecule has 2 heterocycles. The summed E-state index contributed by atoms with van der Waals surface area (Å²) in [6, 6.07) is 5.98. The lowest BCUT2D eigenvalue weighted by Crippen LogP contribution is -2.51. The standard InChI is InChI=1S/C23H32N4O4/c1-31-19-9-5-8-18-22(19)26-20(25-18)12-16-14-27(11-10-15(16)13-21(28)29)23(30)24-17-6-3-2-4-7-17/h5,8-9,15-17H,2-4,6-7,10-14H2,1H3,(H,24,30)(H,25,26)(H,28,29). The van der Waals surface area contributed by atoms with Crippen molar-refractivity contribution < 1.29 is 19.4 Å². The van der Waals surface area contributed by atoms with E-state index in [2.05, 4.69) is 10.3 Å². The monoisotopic (exact) mass is 428 g/mol. The zero-order chi connectivity index (χ0) is 21.8. The Labute approximate surface area is 182 Å². The van der Waals surface area contributed by atoms with E-state index in [0.29, 0.717) is 31.7 Å². The molecule has 2 aromatic rings. The Morgan fingerprint density at radius 1 is 1.23 bits per heavy atom. The number of ether oxygens (including phenoxy) is 1. The Morgan fingerprint density at radius 3 is 2.77 bits per heavy atom. The molecular weight excluding hydrogens is 396 g/mol. The SMILES string of the molecule is COc1cccc2[nH]c(CC3CN(C(=O)NC4CCCCC4)CCC3CC(=O)O)nc12. The number of para-hydroxylation sites is 1. The molecule has 1 saturated carbocycles. The number of benzene rings is 1. The van der Waals surface area contributed by atoms with Gasteiger partial charge in [0.2, 0.25) is 0 Å². The van der Waals surface area contributed by atoms with Crippen LogP contribution in [0.15, 0.2) is 18.2 Å². The van der Waals surface area contributed by atoms with Crippen molar-refractivity contribution in [3.05, 3.63) is 24.0 Å². The molecule has 1 aromatic carbocycles. The van der Waals surface area contributed by atoms with Crippen molar-refractivity contribution in [2.24, 2.45) is 11.8 Å². The lowest BCUT2D eigenvalue weighted by Gasteiger charge is -2.38. The fourth-order valence-corrected chi connectivity index (χ4v) is 5.07. The van der Waals surface area contributed by atoms with Crippen molar-refractivity contribution in [1.29, 1.82) is 0 Å². The third-order valence-corrected chi connectivity index (χ3v) is 6.75. The van der Waals surface area contributed by atoms with E-state index >= 15 is 0 Å². The third-order valence-electron chi connectivity index (χ3n) is 6.75. The number of carbonyl (C=O) groups excluding carboxylic acids is 1. The van der Waals surface area contributed by atoms with E-state index in [1.807, 2.05) is 23.1 Å². The second kappa shape index (κ2) is 9.58. The van der Waals surface area contributed by atoms with Gasteiger partial charge >= 0.3 is 12.0 Å². The Kier molecular flexibility index (Phi) is 6.63. The van der Waals surface area contributed by atoms with Crippen LogP contribution in [-0.4, -0.2) is 58.2 Å². The fourth-order valence-electron chi connectivity index (χ4n) is 5.07. The summed E-state index contributed by atoms with van der Waals surface area (Å²) in [6.45, 7) is 1.14. The largest absolute Gasteiger partial charge is 0.494 e. The summed E-state index contributed by atoms with van der Waals surface area (Å²) in [5, 5.41) is 12.6. The smallest absolute Gasteiger partial charge is 0.317 e. The van der Waals surface area contributed by atoms with E-state index < -0.39 is 5.97 Å². The van der Waals surface area contributed by atoms with Gasteiger partial charge in [-0.3, -0.25) is 4.79 Å². The van der Waals surface area contributed by atoms with Crippen LogP contribution < -0.4 is 10.1 Å². The number of hydrogen-bond acceptors (Lipinski definition) is 4. The topological polar surface area (TPSA) is 108 Å². The van der Waals surface area contributed by atoms with E-state index in [1.54, 1.807) is 7.11 Å². The molecule has 8 heteroatoms. The number of hydrogen-bond donors (Lipinski definition) is 3. The second-order valence-corrected chi connectivity index (χ2v) is 8.88. The fraction of sp³-hybridized carbons (Fsp3) is 0.609. The minimum absolute atomic E-state index is 0.0167. The molecular formula is C23H32N4O4. The number of fused-ring (bicyclic) bond motifs is 1. The first-order valence-corrected chi connectivity index (χ1v) is 11.3. The van der Waals surface area contributed by atoms with Crippen molar-refractivity contribution in [2.75, 3.05) is 20.2 Å². The lowest BCUT2D eigenvalue weighted by atomic mass is 9.81. The molecule has 3 N–H and O–H groups in total. The van der Waals surface area contributed by atoms with Crippen LogP contribution in [0.25, 0.3) is 11.0 Å². The van der Waals surface area contributed by atoms with E-state index in [9.17, 15) is 14.7 Å². The first kappa shape index (κ1) is 21.5. The summed E-state index contributed by atoms with van der Waals surface area (Å²) >= 11 is 0. The van der Waals surface area contributed by atoms with Crippen molar-refractivity contribution >= 4 is 23.0 Å². The Balaban J connectivity index is 1.47. The quantitative estimate of drug-likeness (QED) is 0.652. The van der Waals surface area contributed by atoms with Gasteiger partial charge in [0.15, 0.2) is 0 Å². The van der Waals surface area contributed by atoms with Crippen LogP contribution in [0.1, 0.15) is 50.8 Å². The number of carboxylic acids is 1. The second-order valence-electron chi connectivity index (χ2n) is 8.88. The van der Waals surface area contributed by atoms with Gasteiger partial charge in [-0.05, 0) is 43.2 Å².